The van der Waals surface area contributed by atoms with Crippen LogP contribution in [0.25, 0.3) is 0 Å². The summed E-state index contributed by atoms with van der Waals surface area (Å²) in [5.41, 5.74) is 0.578. The summed E-state index contributed by atoms with van der Waals surface area (Å²) in [7, 11) is 0. The van der Waals surface area contributed by atoms with Crippen LogP contribution < -0.4 is 5.32 Å². The summed E-state index contributed by atoms with van der Waals surface area (Å²) in [6.07, 6.45) is 0.616. The first-order valence-corrected chi connectivity index (χ1v) is 6.95. The van der Waals surface area contributed by atoms with Gasteiger partial charge in [0.25, 0.3) is 0 Å². The summed E-state index contributed by atoms with van der Waals surface area (Å²) < 4.78 is 0. The van der Waals surface area contributed by atoms with Crippen LogP contribution in [0.1, 0.15) is 32.8 Å². The first-order chi connectivity index (χ1) is 9.67. The fourth-order valence-electron chi connectivity index (χ4n) is 2.14. The molecular weight excluding hydrogens is 270 g/mol. The summed E-state index contributed by atoms with van der Waals surface area (Å²) in [5, 5.41) is 21.2. The molecule has 0 bridgehead atoms. The molecule has 1 aromatic rings. The first kappa shape index (κ1) is 17.0. The average Bonchev–Trinajstić information content (AvgIpc) is 2.32. The van der Waals surface area contributed by atoms with Crippen LogP contribution in [0.5, 0.6) is 5.75 Å². The Morgan fingerprint density at radius 1 is 1.29 bits per heavy atom. The van der Waals surface area contributed by atoms with Gasteiger partial charge in [-0.1, -0.05) is 32.9 Å². The fourth-order valence-corrected chi connectivity index (χ4v) is 2.14. The Balaban J connectivity index is 2.52. The largest absolute Gasteiger partial charge is 0.508 e. The molecule has 5 nitrogen and oxygen atoms in total. The molecule has 0 saturated carbocycles. The van der Waals surface area contributed by atoms with Crippen molar-refractivity contribution in [3.8, 4) is 5.75 Å². The third-order valence-corrected chi connectivity index (χ3v) is 3.03. The Morgan fingerprint density at radius 3 is 2.48 bits per heavy atom. The van der Waals surface area contributed by atoms with E-state index in [0.717, 1.165) is 0 Å². The topological polar surface area (TPSA) is 86.6 Å². The molecule has 0 aliphatic heterocycles. The number of aliphatic carboxylic acids is 1. The predicted octanol–water partition coefficient (Wildman–Crippen LogP) is 2.19. The van der Waals surface area contributed by atoms with Crippen molar-refractivity contribution in [1.29, 1.82) is 0 Å². The minimum absolute atomic E-state index is 0.108. The Hall–Kier alpha value is -2.04. The molecule has 3 N–H and O–H groups in total. The van der Waals surface area contributed by atoms with E-state index in [1.165, 1.54) is 12.1 Å². The smallest absolute Gasteiger partial charge is 0.308 e. The van der Waals surface area contributed by atoms with Crippen LogP contribution in [0.15, 0.2) is 24.3 Å². The van der Waals surface area contributed by atoms with Gasteiger partial charge < -0.3 is 15.5 Å². The molecule has 1 unspecified atom stereocenters. The molecule has 0 fully saturated rings. The molecule has 1 amide bonds. The van der Waals surface area contributed by atoms with Crippen LogP contribution in [0.3, 0.4) is 0 Å². The van der Waals surface area contributed by atoms with Crippen molar-refractivity contribution < 1.29 is 19.8 Å². The number of carbonyl (C=O) groups is 2. The lowest BCUT2D eigenvalue weighted by atomic mass is 9.84. The monoisotopic (exact) mass is 293 g/mol. The molecule has 5 heteroatoms. The zero-order chi connectivity index (χ0) is 16.0. The number of carbonyl (C=O) groups excluding carboxylic acids is 1. The molecule has 116 valence electrons. The number of benzene rings is 1. The van der Waals surface area contributed by atoms with Gasteiger partial charge in [-0.25, -0.2) is 0 Å². The Kier molecular flexibility index (Phi) is 5.76. The number of nitrogens with one attached hydrogen (secondary N) is 1. The molecule has 0 aliphatic carbocycles. The number of hydrogen-bond donors (Lipinski definition) is 3. The molecular formula is C16H23NO4. The van der Waals surface area contributed by atoms with E-state index < -0.39 is 11.9 Å². The molecule has 0 aliphatic rings. The normalized spacial score (nSPS) is 12.7. The van der Waals surface area contributed by atoms with E-state index in [0.29, 0.717) is 12.0 Å². The van der Waals surface area contributed by atoms with Crippen molar-refractivity contribution in [2.24, 2.45) is 11.3 Å². The van der Waals surface area contributed by atoms with Crippen molar-refractivity contribution in [2.45, 2.75) is 33.6 Å². The van der Waals surface area contributed by atoms with Gasteiger partial charge >= 0.3 is 5.97 Å². The maximum Gasteiger partial charge on any atom is 0.308 e. The van der Waals surface area contributed by atoms with Crippen LogP contribution in [0.4, 0.5) is 0 Å². The molecule has 0 spiro atoms. The minimum Gasteiger partial charge on any atom is -0.508 e. The molecule has 21 heavy (non-hydrogen) atoms. The number of phenolic OH excluding ortho intramolecular Hbond substituents is 1. The van der Waals surface area contributed by atoms with E-state index in [9.17, 15) is 19.8 Å². The molecule has 1 atom stereocenters. The third kappa shape index (κ3) is 6.79. The van der Waals surface area contributed by atoms with E-state index in [2.05, 4.69) is 5.32 Å². The Morgan fingerprint density at radius 2 is 1.95 bits per heavy atom. The van der Waals surface area contributed by atoms with E-state index >= 15 is 0 Å². The minimum atomic E-state index is -0.900. The van der Waals surface area contributed by atoms with Gasteiger partial charge in [0, 0.05) is 6.54 Å². The van der Waals surface area contributed by atoms with Crippen molar-refractivity contribution in [3.63, 3.8) is 0 Å². The summed E-state index contributed by atoms with van der Waals surface area (Å²) in [4.78, 5) is 23.0. The number of hydrogen-bond acceptors (Lipinski definition) is 3. The molecule has 0 aromatic heterocycles. The number of phenols is 1. The molecule has 0 saturated heterocycles. The lowest BCUT2D eigenvalue weighted by Gasteiger charge is -2.23. The van der Waals surface area contributed by atoms with Crippen molar-refractivity contribution in [2.75, 3.05) is 6.54 Å². The summed E-state index contributed by atoms with van der Waals surface area (Å²) >= 11 is 0. The highest BCUT2D eigenvalue weighted by molar-refractivity contribution is 5.79. The average molecular weight is 293 g/mol. The quantitative estimate of drug-likeness (QED) is 0.750. The van der Waals surface area contributed by atoms with Crippen molar-refractivity contribution in [3.05, 3.63) is 29.8 Å². The molecule has 1 rings (SSSR count). The number of carboxylic acids is 1. The highest BCUT2D eigenvalue weighted by atomic mass is 16.4. The van der Waals surface area contributed by atoms with Gasteiger partial charge in [0.2, 0.25) is 5.91 Å². The Bertz CT molecular complexity index is 505. The van der Waals surface area contributed by atoms with Gasteiger partial charge in [0.15, 0.2) is 0 Å². The van der Waals surface area contributed by atoms with Crippen LogP contribution in [-0.4, -0.2) is 28.6 Å². The first-order valence-electron chi connectivity index (χ1n) is 6.95. The summed E-state index contributed by atoms with van der Waals surface area (Å²) in [6.45, 7) is 6.02. The van der Waals surface area contributed by atoms with E-state index in [1.807, 2.05) is 20.8 Å². The second-order valence-electron chi connectivity index (χ2n) is 6.45. The van der Waals surface area contributed by atoms with E-state index in [-0.39, 0.29) is 30.0 Å². The SMILES string of the molecule is CC(C)(C)CC(CNC(=O)Cc1cccc(O)c1)C(=O)O. The van der Waals surface area contributed by atoms with Gasteiger partial charge in [-0.3, -0.25) is 9.59 Å². The van der Waals surface area contributed by atoms with Gasteiger partial charge in [-0.2, -0.15) is 0 Å². The fraction of sp³-hybridized carbons (Fsp3) is 0.500. The van der Waals surface area contributed by atoms with E-state index in [1.54, 1.807) is 12.1 Å². The maximum absolute atomic E-state index is 11.8. The second kappa shape index (κ2) is 7.11. The van der Waals surface area contributed by atoms with Crippen LogP contribution >= 0.6 is 0 Å². The Labute approximate surface area is 125 Å². The highest BCUT2D eigenvalue weighted by Gasteiger charge is 2.24. The number of aromatic hydroxyl groups is 1. The lowest BCUT2D eigenvalue weighted by Crippen LogP contribution is -2.35. The number of amides is 1. The second-order valence-corrected chi connectivity index (χ2v) is 6.45. The maximum atomic E-state index is 11.8. The third-order valence-electron chi connectivity index (χ3n) is 3.03. The number of carboxylic acid groups (broad SMARTS) is 1. The highest BCUT2D eigenvalue weighted by Crippen LogP contribution is 2.24. The molecule has 0 radical (unpaired) electrons. The van der Waals surface area contributed by atoms with Gasteiger partial charge in [0.05, 0.1) is 12.3 Å². The predicted molar refractivity (Wildman–Crippen MR) is 80.0 cm³/mol. The van der Waals surface area contributed by atoms with Crippen LogP contribution in [0.2, 0.25) is 0 Å². The van der Waals surface area contributed by atoms with Gasteiger partial charge in [0.1, 0.15) is 5.75 Å². The zero-order valence-electron chi connectivity index (χ0n) is 12.7. The molecule has 1 aromatic carbocycles. The van der Waals surface area contributed by atoms with Crippen molar-refractivity contribution >= 4 is 11.9 Å². The number of rotatable bonds is 6. The van der Waals surface area contributed by atoms with Gasteiger partial charge in [-0.05, 0) is 29.5 Å². The van der Waals surface area contributed by atoms with Crippen LogP contribution in [0, 0.1) is 11.3 Å². The standard InChI is InChI=1S/C16H23NO4/c1-16(2,3)9-12(15(20)21)10-17-14(19)8-11-5-4-6-13(18)7-11/h4-7,12,18H,8-10H2,1-3H3,(H,17,19)(H,20,21). The van der Waals surface area contributed by atoms with Crippen molar-refractivity contribution in [1.82, 2.24) is 5.32 Å². The zero-order valence-corrected chi connectivity index (χ0v) is 12.7. The summed E-state index contributed by atoms with van der Waals surface area (Å²) in [6, 6.07) is 6.45. The van der Waals surface area contributed by atoms with Crippen LogP contribution in [-0.2, 0) is 16.0 Å². The van der Waals surface area contributed by atoms with Gasteiger partial charge in [-0.15, -0.1) is 0 Å². The lowest BCUT2D eigenvalue weighted by molar-refractivity contribution is -0.142. The molecule has 0 heterocycles. The summed E-state index contributed by atoms with van der Waals surface area (Å²) in [5.74, 6) is -1.64. The van der Waals surface area contributed by atoms with E-state index in [4.69, 9.17) is 0 Å².